The van der Waals surface area contributed by atoms with Crippen molar-refractivity contribution in [1.29, 1.82) is 5.26 Å². The van der Waals surface area contributed by atoms with Crippen molar-refractivity contribution >= 4 is 22.4 Å². The number of carbonyl (C=O) groups is 1. The Labute approximate surface area is 99.2 Å². The van der Waals surface area contributed by atoms with Gasteiger partial charge in [-0.25, -0.2) is 0 Å². The van der Waals surface area contributed by atoms with Gasteiger partial charge in [0, 0.05) is 0 Å². The lowest BCUT2D eigenvalue weighted by molar-refractivity contribution is -0.167. The number of hydrogen-bond donors (Lipinski definition) is 1. The van der Waals surface area contributed by atoms with Crippen molar-refractivity contribution in [2.75, 3.05) is 5.32 Å². The monoisotopic (exact) mass is 263 g/mol. The van der Waals surface area contributed by atoms with Crippen LogP contribution >= 0.6 is 11.5 Å². The van der Waals surface area contributed by atoms with Crippen LogP contribution in [0.5, 0.6) is 0 Å². The topological polar surface area (TPSA) is 65.8 Å². The summed E-state index contributed by atoms with van der Waals surface area (Å²) in [5.41, 5.74) is 0.373. The Morgan fingerprint density at radius 1 is 1.53 bits per heavy atom. The van der Waals surface area contributed by atoms with E-state index in [0.717, 1.165) is 0 Å². The third-order valence-corrected chi connectivity index (χ3v) is 2.64. The molecule has 4 nitrogen and oxygen atoms in total. The molecule has 1 rings (SSSR count). The highest BCUT2D eigenvalue weighted by Gasteiger charge is 2.39. The lowest BCUT2D eigenvalue weighted by atomic mass is 10.1. The number of nitrogens with zero attached hydrogens (tertiary/aromatic N) is 2. The molecular weight excluding hydrogens is 255 g/mol. The van der Waals surface area contributed by atoms with E-state index in [1.165, 1.54) is 0 Å². The smallest absolute Gasteiger partial charge is 0.307 e. The van der Waals surface area contributed by atoms with Gasteiger partial charge in [-0.2, -0.15) is 22.8 Å². The maximum Gasteiger partial charge on any atom is 0.471 e. The number of halogens is 3. The predicted molar refractivity (Wildman–Crippen MR) is 55.6 cm³/mol. The van der Waals surface area contributed by atoms with Gasteiger partial charge < -0.3 is 5.32 Å². The van der Waals surface area contributed by atoms with Crippen LogP contribution in [0.1, 0.15) is 31.0 Å². The lowest BCUT2D eigenvalue weighted by Gasteiger charge is -2.06. The minimum absolute atomic E-state index is 0.0115. The molecule has 1 N–H and O–H groups in total. The molecule has 0 radical (unpaired) electrons. The minimum Gasteiger partial charge on any atom is -0.307 e. The van der Waals surface area contributed by atoms with Gasteiger partial charge in [-0.1, -0.05) is 13.8 Å². The van der Waals surface area contributed by atoms with Gasteiger partial charge in [0.25, 0.3) is 0 Å². The first-order chi connectivity index (χ1) is 7.77. The molecule has 0 fully saturated rings. The first kappa shape index (κ1) is 13.4. The Morgan fingerprint density at radius 3 is 2.53 bits per heavy atom. The van der Waals surface area contributed by atoms with E-state index in [1.54, 1.807) is 25.2 Å². The van der Waals surface area contributed by atoms with Crippen LogP contribution in [0.15, 0.2) is 0 Å². The molecular formula is C9H8F3N3OS. The van der Waals surface area contributed by atoms with Crippen molar-refractivity contribution in [3.05, 3.63) is 11.3 Å². The number of carbonyl (C=O) groups excluding carboxylic acids is 1. The highest BCUT2D eigenvalue weighted by atomic mass is 32.1. The minimum atomic E-state index is -4.98. The Kier molecular flexibility index (Phi) is 3.72. The quantitative estimate of drug-likeness (QED) is 0.892. The third-order valence-electron chi connectivity index (χ3n) is 1.86. The van der Waals surface area contributed by atoms with Crippen LogP contribution in [0, 0.1) is 11.3 Å². The molecule has 0 unspecified atom stereocenters. The molecule has 0 aliphatic rings. The first-order valence-electron chi connectivity index (χ1n) is 4.55. The zero-order valence-corrected chi connectivity index (χ0v) is 9.74. The van der Waals surface area contributed by atoms with Crippen LogP contribution in [0.4, 0.5) is 18.2 Å². The summed E-state index contributed by atoms with van der Waals surface area (Å²) in [5, 5.41) is 10.3. The van der Waals surface area contributed by atoms with Gasteiger partial charge in [0.05, 0.1) is 5.69 Å². The van der Waals surface area contributed by atoms with Crippen LogP contribution in [0.25, 0.3) is 0 Å². The number of aromatic nitrogens is 1. The van der Waals surface area contributed by atoms with Gasteiger partial charge in [-0.15, -0.1) is 0 Å². The van der Waals surface area contributed by atoms with Gasteiger partial charge in [0.2, 0.25) is 0 Å². The van der Waals surface area contributed by atoms with Crippen molar-refractivity contribution in [3.8, 4) is 6.07 Å². The number of hydrogen-bond acceptors (Lipinski definition) is 4. The summed E-state index contributed by atoms with van der Waals surface area (Å²) < 4.78 is 39.9. The standard InChI is InChI=1S/C9H8F3N3OS/c1-4(2)6-5(3-13)7(17-15-6)14-8(16)9(10,11)12/h4H,1-2H3,(H,14,16). The molecule has 0 atom stereocenters. The summed E-state index contributed by atoms with van der Waals surface area (Å²) in [4.78, 5) is 10.7. The van der Waals surface area contributed by atoms with Gasteiger partial charge in [-0.3, -0.25) is 4.79 Å². The van der Waals surface area contributed by atoms with Crippen LogP contribution < -0.4 is 5.32 Å². The molecule has 1 aromatic heterocycles. The Morgan fingerprint density at radius 2 is 2.12 bits per heavy atom. The van der Waals surface area contributed by atoms with E-state index in [0.29, 0.717) is 17.2 Å². The molecule has 0 saturated heterocycles. The summed E-state index contributed by atoms with van der Waals surface area (Å²) in [6, 6.07) is 1.75. The van der Waals surface area contributed by atoms with Gasteiger partial charge in [-0.05, 0) is 17.5 Å². The number of nitriles is 1. The molecule has 92 valence electrons. The molecule has 1 aromatic rings. The normalized spacial score (nSPS) is 11.4. The number of rotatable bonds is 2. The summed E-state index contributed by atoms with van der Waals surface area (Å²) in [5.74, 6) is -2.20. The zero-order valence-electron chi connectivity index (χ0n) is 8.92. The van der Waals surface area contributed by atoms with Crippen molar-refractivity contribution in [1.82, 2.24) is 4.37 Å². The average molecular weight is 263 g/mol. The van der Waals surface area contributed by atoms with E-state index in [9.17, 15) is 18.0 Å². The largest absolute Gasteiger partial charge is 0.471 e. The van der Waals surface area contributed by atoms with Crippen molar-refractivity contribution < 1.29 is 18.0 Å². The molecule has 0 aliphatic heterocycles. The maximum absolute atomic E-state index is 12.0. The summed E-state index contributed by atoms with van der Waals surface area (Å²) in [6.45, 7) is 3.51. The molecule has 0 bridgehead atoms. The van der Waals surface area contributed by atoms with E-state index >= 15 is 0 Å². The second-order valence-corrected chi connectivity index (χ2v) is 4.26. The Bertz CT molecular complexity index is 473. The van der Waals surface area contributed by atoms with E-state index < -0.39 is 12.1 Å². The molecule has 0 aromatic carbocycles. The van der Waals surface area contributed by atoms with Crippen molar-refractivity contribution in [3.63, 3.8) is 0 Å². The van der Waals surface area contributed by atoms with Crippen molar-refractivity contribution in [2.45, 2.75) is 25.9 Å². The maximum atomic E-state index is 12.0. The summed E-state index contributed by atoms with van der Waals surface area (Å²) in [7, 11) is 0. The predicted octanol–water partition coefficient (Wildman–Crippen LogP) is 2.64. The number of anilines is 1. The molecule has 8 heteroatoms. The third kappa shape index (κ3) is 2.94. The van der Waals surface area contributed by atoms with E-state index in [2.05, 4.69) is 4.37 Å². The fraction of sp³-hybridized carbons (Fsp3) is 0.444. The van der Waals surface area contributed by atoms with Crippen LogP contribution in [0.3, 0.4) is 0 Å². The van der Waals surface area contributed by atoms with E-state index in [-0.39, 0.29) is 16.5 Å². The van der Waals surface area contributed by atoms with E-state index in [1.807, 2.05) is 0 Å². The number of alkyl halides is 3. The highest BCUT2D eigenvalue weighted by Crippen LogP contribution is 2.30. The van der Waals surface area contributed by atoms with Crippen LogP contribution in [-0.4, -0.2) is 16.5 Å². The summed E-state index contributed by atoms with van der Waals surface area (Å²) in [6.07, 6.45) is -4.98. The molecule has 17 heavy (non-hydrogen) atoms. The van der Waals surface area contributed by atoms with Gasteiger partial charge in [0.1, 0.15) is 16.6 Å². The number of nitrogens with one attached hydrogen (secondary N) is 1. The molecule has 0 aliphatic carbocycles. The van der Waals surface area contributed by atoms with Gasteiger partial charge in [0.15, 0.2) is 0 Å². The average Bonchev–Trinajstić information content (AvgIpc) is 2.59. The number of amides is 1. The fourth-order valence-electron chi connectivity index (χ4n) is 1.06. The lowest BCUT2D eigenvalue weighted by Crippen LogP contribution is -2.29. The fourth-order valence-corrected chi connectivity index (χ4v) is 1.94. The van der Waals surface area contributed by atoms with Crippen LogP contribution in [-0.2, 0) is 4.79 Å². The van der Waals surface area contributed by atoms with Crippen LogP contribution in [0.2, 0.25) is 0 Å². The summed E-state index contributed by atoms with van der Waals surface area (Å²) >= 11 is 0.669. The second kappa shape index (κ2) is 4.71. The molecule has 1 heterocycles. The van der Waals surface area contributed by atoms with E-state index in [4.69, 9.17) is 5.26 Å². The molecule has 0 saturated carbocycles. The Balaban J connectivity index is 3.02. The Hall–Kier alpha value is -1.62. The first-order valence-corrected chi connectivity index (χ1v) is 5.32. The second-order valence-electron chi connectivity index (χ2n) is 3.49. The highest BCUT2D eigenvalue weighted by molar-refractivity contribution is 7.10. The molecule has 1 amide bonds. The SMILES string of the molecule is CC(C)c1nsc(NC(=O)C(F)(F)F)c1C#N. The van der Waals surface area contributed by atoms with Gasteiger partial charge >= 0.3 is 12.1 Å². The zero-order chi connectivity index (χ0) is 13.2. The van der Waals surface area contributed by atoms with Crippen molar-refractivity contribution in [2.24, 2.45) is 0 Å². The molecule has 0 spiro atoms.